The minimum Gasteiger partial charge on any atom is -0.326 e. The second-order valence-electron chi connectivity index (χ2n) is 4.49. The SMILES string of the molecule is Cc1ccc2cc3ccccc3cc2c1CN. The molecule has 2 N–H and O–H groups in total. The van der Waals surface area contributed by atoms with Crippen molar-refractivity contribution in [3.8, 4) is 0 Å². The van der Waals surface area contributed by atoms with E-state index < -0.39 is 0 Å². The van der Waals surface area contributed by atoms with Crippen LogP contribution in [0.4, 0.5) is 0 Å². The number of benzene rings is 3. The Morgan fingerprint density at radius 2 is 1.59 bits per heavy atom. The molecule has 0 amide bonds. The van der Waals surface area contributed by atoms with Crippen LogP contribution in [0.25, 0.3) is 21.5 Å². The van der Waals surface area contributed by atoms with Crippen molar-refractivity contribution in [1.29, 1.82) is 0 Å². The quantitative estimate of drug-likeness (QED) is 0.622. The molecule has 0 saturated heterocycles. The molecule has 1 heteroatoms. The van der Waals surface area contributed by atoms with Gasteiger partial charge in [-0.15, -0.1) is 0 Å². The van der Waals surface area contributed by atoms with Gasteiger partial charge in [0, 0.05) is 6.54 Å². The van der Waals surface area contributed by atoms with Gasteiger partial charge < -0.3 is 5.73 Å². The molecule has 3 aromatic carbocycles. The van der Waals surface area contributed by atoms with Gasteiger partial charge in [-0.3, -0.25) is 0 Å². The van der Waals surface area contributed by atoms with Crippen LogP contribution in [-0.2, 0) is 6.54 Å². The summed E-state index contributed by atoms with van der Waals surface area (Å²) in [7, 11) is 0. The third kappa shape index (κ3) is 1.60. The summed E-state index contributed by atoms with van der Waals surface area (Å²) in [5.41, 5.74) is 8.39. The van der Waals surface area contributed by atoms with E-state index in [-0.39, 0.29) is 0 Å². The second kappa shape index (κ2) is 3.86. The number of hydrogen-bond donors (Lipinski definition) is 1. The minimum atomic E-state index is 0.599. The van der Waals surface area contributed by atoms with Crippen LogP contribution in [0.1, 0.15) is 11.1 Å². The van der Waals surface area contributed by atoms with Gasteiger partial charge in [0.2, 0.25) is 0 Å². The van der Waals surface area contributed by atoms with E-state index >= 15 is 0 Å². The van der Waals surface area contributed by atoms with Crippen molar-refractivity contribution in [2.24, 2.45) is 5.73 Å². The lowest BCUT2D eigenvalue weighted by Crippen LogP contribution is -2.00. The maximum absolute atomic E-state index is 5.86. The summed E-state index contributed by atoms with van der Waals surface area (Å²) in [5, 5.41) is 5.12. The molecule has 0 spiro atoms. The number of aryl methyl sites for hydroxylation is 1. The lowest BCUT2D eigenvalue weighted by molar-refractivity contribution is 1.07. The van der Waals surface area contributed by atoms with Crippen molar-refractivity contribution >= 4 is 21.5 Å². The normalized spacial score (nSPS) is 11.2. The van der Waals surface area contributed by atoms with Crippen LogP contribution < -0.4 is 5.73 Å². The van der Waals surface area contributed by atoms with Crippen LogP contribution in [0.2, 0.25) is 0 Å². The van der Waals surface area contributed by atoms with Crippen molar-refractivity contribution in [3.05, 3.63) is 59.7 Å². The standard InChI is InChI=1S/C16H15N/c1-11-6-7-14-8-12-4-2-3-5-13(12)9-15(14)16(11)10-17/h2-9H,10,17H2,1H3. The lowest BCUT2D eigenvalue weighted by Gasteiger charge is -2.09. The lowest BCUT2D eigenvalue weighted by atomic mass is 9.96. The minimum absolute atomic E-state index is 0.599. The third-order valence-corrected chi connectivity index (χ3v) is 3.44. The highest BCUT2D eigenvalue weighted by atomic mass is 14.5. The summed E-state index contributed by atoms with van der Waals surface area (Å²) in [5.74, 6) is 0. The number of nitrogens with two attached hydrogens (primary N) is 1. The number of rotatable bonds is 1. The fourth-order valence-electron chi connectivity index (χ4n) is 2.46. The smallest absolute Gasteiger partial charge is 0.0186 e. The first-order chi connectivity index (χ1) is 8.29. The van der Waals surface area contributed by atoms with Crippen LogP contribution in [0, 0.1) is 6.92 Å². The second-order valence-corrected chi connectivity index (χ2v) is 4.49. The summed E-state index contributed by atoms with van der Waals surface area (Å²) >= 11 is 0. The van der Waals surface area contributed by atoms with E-state index in [2.05, 4.69) is 55.5 Å². The number of fused-ring (bicyclic) bond motifs is 2. The summed E-state index contributed by atoms with van der Waals surface area (Å²) < 4.78 is 0. The topological polar surface area (TPSA) is 26.0 Å². The van der Waals surface area contributed by atoms with Gasteiger partial charge in [0.25, 0.3) is 0 Å². The first kappa shape index (κ1) is 10.3. The summed E-state index contributed by atoms with van der Waals surface area (Å²) in [6, 6.07) is 17.3. The van der Waals surface area contributed by atoms with Gasteiger partial charge >= 0.3 is 0 Å². The van der Waals surface area contributed by atoms with E-state index in [4.69, 9.17) is 5.73 Å². The van der Waals surface area contributed by atoms with Crippen LogP contribution >= 0.6 is 0 Å². The van der Waals surface area contributed by atoms with Gasteiger partial charge in [-0.05, 0) is 51.7 Å². The van der Waals surface area contributed by atoms with Crippen molar-refractivity contribution in [2.45, 2.75) is 13.5 Å². The van der Waals surface area contributed by atoms with Gasteiger partial charge in [-0.25, -0.2) is 0 Å². The van der Waals surface area contributed by atoms with E-state index in [9.17, 15) is 0 Å². The van der Waals surface area contributed by atoms with Gasteiger partial charge in [-0.2, -0.15) is 0 Å². The molecule has 0 aromatic heterocycles. The molecular weight excluding hydrogens is 206 g/mol. The highest BCUT2D eigenvalue weighted by Crippen LogP contribution is 2.27. The van der Waals surface area contributed by atoms with Crippen LogP contribution in [0.3, 0.4) is 0 Å². The highest BCUT2D eigenvalue weighted by molar-refractivity contribution is 6.00. The Balaban J connectivity index is 2.47. The molecule has 0 saturated carbocycles. The maximum Gasteiger partial charge on any atom is 0.0186 e. The Hall–Kier alpha value is -1.86. The van der Waals surface area contributed by atoms with Gasteiger partial charge in [-0.1, -0.05) is 36.4 Å². The molecule has 1 nitrogen and oxygen atoms in total. The van der Waals surface area contributed by atoms with Crippen LogP contribution in [0.15, 0.2) is 48.5 Å². The predicted octanol–water partition coefficient (Wildman–Crippen LogP) is 3.76. The van der Waals surface area contributed by atoms with E-state index in [0.29, 0.717) is 6.54 Å². The summed E-state index contributed by atoms with van der Waals surface area (Å²) in [6.45, 7) is 2.72. The molecule has 0 fully saturated rings. The molecule has 0 aliphatic carbocycles. The Morgan fingerprint density at radius 1 is 0.882 bits per heavy atom. The molecule has 0 aliphatic heterocycles. The molecule has 0 unspecified atom stereocenters. The van der Waals surface area contributed by atoms with E-state index in [1.54, 1.807) is 0 Å². The third-order valence-electron chi connectivity index (χ3n) is 3.44. The Bertz CT molecular complexity index is 698. The Labute approximate surface area is 101 Å². The zero-order valence-corrected chi connectivity index (χ0v) is 9.90. The zero-order valence-electron chi connectivity index (χ0n) is 9.90. The molecule has 0 radical (unpaired) electrons. The zero-order chi connectivity index (χ0) is 11.8. The van der Waals surface area contributed by atoms with Crippen LogP contribution in [-0.4, -0.2) is 0 Å². The molecule has 84 valence electrons. The Morgan fingerprint density at radius 3 is 2.29 bits per heavy atom. The molecule has 0 aliphatic rings. The molecule has 17 heavy (non-hydrogen) atoms. The van der Waals surface area contributed by atoms with Crippen LogP contribution in [0.5, 0.6) is 0 Å². The first-order valence-corrected chi connectivity index (χ1v) is 5.90. The fourth-order valence-corrected chi connectivity index (χ4v) is 2.46. The molecule has 3 aromatic rings. The Kier molecular flexibility index (Phi) is 2.34. The monoisotopic (exact) mass is 221 g/mol. The average Bonchev–Trinajstić information content (AvgIpc) is 2.36. The van der Waals surface area contributed by atoms with Gasteiger partial charge in [0.05, 0.1) is 0 Å². The highest BCUT2D eigenvalue weighted by Gasteiger charge is 2.04. The van der Waals surface area contributed by atoms with E-state index in [1.165, 1.54) is 32.7 Å². The van der Waals surface area contributed by atoms with Crippen molar-refractivity contribution in [1.82, 2.24) is 0 Å². The largest absolute Gasteiger partial charge is 0.326 e. The molecule has 0 heterocycles. The summed E-state index contributed by atoms with van der Waals surface area (Å²) in [6.07, 6.45) is 0. The molecule has 0 bridgehead atoms. The summed E-state index contributed by atoms with van der Waals surface area (Å²) in [4.78, 5) is 0. The van der Waals surface area contributed by atoms with Crippen molar-refractivity contribution in [3.63, 3.8) is 0 Å². The molecule has 0 atom stereocenters. The van der Waals surface area contributed by atoms with Gasteiger partial charge in [0.15, 0.2) is 0 Å². The predicted molar refractivity (Wildman–Crippen MR) is 74.1 cm³/mol. The molecular formula is C16H15N. The first-order valence-electron chi connectivity index (χ1n) is 5.90. The number of hydrogen-bond acceptors (Lipinski definition) is 1. The molecule has 3 rings (SSSR count). The van der Waals surface area contributed by atoms with E-state index in [0.717, 1.165) is 0 Å². The van der Waals surface area contributed by atoms with E-state index in [1.807, 2.05) is 0 Å². The van der Waals surface area contributed by atoms with Crippen molar-refractivity contribution < 1.29 is 0 Å². The average molecular weight is 221 g/mol. The maximum atomic E-state index is 5.86. The van der Waals surface area contributed by atoms with Gasteiger partial charge in [0.1, 0.15) is 0 Å². The fraction of sp³-hybridized carbons (Fsp3) is 0.125. The van der Waals surface area contributed by atoms with Crippen molar-refractivity contribution in [2.75, 3.05) is 0 Å².